The van der Waals surface area contributed by atoms with E-state index >= 15 is 0 Å². The number of hydrogen-bond donors (Lipinski definition) is 3. The third-order valence-electron chi connectivity index (χ3n) is 6.95. The molecule has 0 radical (unpaired) electrons. The first-order valence-corrected chi connectivity index (χ1v) is 15.0. The quantitative estimate of drug-likeness (QED) is 0.283. The number of nitrogens with zero attached hydrogens (tertiary/aromatic N) is 2. The van der Waals surface area contributed by atoms with Gasteiger partial charge in [0.2, 0.25) is 5.91 Å². The normalized spacial score (nSPS) is 16.9. The number of amides is 1. The minimum Gasteiger partial charge on any atom is -0.324 e. The van der Waals surface area contributed by atoms with Gasteiger partial charge in [0.1, 0.15) is 23.3 Å². The predicted octanol–water partition coefficient (Wildman–Crippen LogP) is 4.25. The molecule has 1 amide bonds. The molecule has 1 saturated heterocycles. The molecule has 0 saturated carbocycles. The Bertz CT molecular complexity index is 1490. The Morgan fingerprint density at radius 3 is 2.38 bits per heavy atom. The lowest BCUT2D eigenvalue weighted by molar-refractivity contribution is -0.116. The highest BCUT2D eigenvalue weighted by Crippen LogP contribution is 2.31. The molecule has 0 bridgehead atoms. The molecule has 2 atom stereocenters. The van der Waals surface area contributed by atoms with E-state index in [-0.39, 0.29) is 48.7 Å². The second kappa shape index (κ2) is 13.7. The third-order valence-corrected chi connectivity index (χ3v) is 8.81. The van der Waals surface area contributed by atoms with E-state index in [2.05, 4.69) is 20.3 Å². The van der Waals surface area contributed by atoms with Gasteiger partial charge in [0.15, 0.2) is 0 Å². The number of carbonyl (C=O) groups excluding carboxylic acids is 1. The minimum atomic E-state index is -3.76. The average molecular weight is 608 g/mol. The molecule has 1 aliphatic rings. The van der Waals surface area contributed by atoms with E-state index in [9.17, 15) is 30.8 Å². The smallest absolute Gasteiger partial charge is 0.280 e. The molecule has 42 heavy (non-hydrogen) atoms. The van der Waals surface area contributed by atoms with Crippen LogP contribution < -0.4 is 15.4 Å². The van der Waals surface area contributed by atoms with Gasteiger partial charge in [0.05, 0.1) is 18.1 Å². The second-order valence-corrected chi connectivity index (χ2v) is 12.1. The number of benzene rings is 2. The first kappa shape index (κ1) is 31.5. The molecule has 2 aromatic carbocycles. The molecule has 2 unspecified atom stereocenters. The number of pyridine rings is 1. The van der Waals surface area contributed by atoms with Crippen LogP contribution in [0.5, 0.6) is 0 Å². The maximum atomic E-state index is 15.0. The highest BCUT2D eigenvalue weighted by atomic mass is 32.2. The summed E-state index contributed by atoms with van der Waals surface area (Å²) in [5, 5.41) is 5.82. The van der Waals surface area contributed by atoms with Gasteiger partial charge in [-0.3, -0.25) is 9.78 Å². The standard InChI is InChI=1S/C29H33F4N5O3S/c1-18(2)37-42(40,41)38-10-9-34-15-24(38)7-8-25-27(33)16-35-17-28(25)36-29(39)14-26(19-3-5-21(30)6-4-19)20-11-22(31)13-23(32)12-20/h3-6,11-13,16-18,24,26,34,37H,7-10,14-15H2,1-2H3,(H,36,39). The van der Waals surface area contributed by atoms with Crippen LogP contribution in [0.3, 0.4) is 0 Å². The lowest BCUT2D eigenvalue weighted by Gasteiger charge is -2.35. The van der Waals surface area contributed by atoms with E-state index in [4.69, 9.17) is 0 Å². The van der Waals surface area contributed by atoms with E-state index in [0.717, 1.165) is 18.3 Å². The maximum Gasteiger partial charge on any atom is 0.280 e. The van der Waals surface area contributed by atoms with E-state index in [1.54, 1.807) is 13.8 Å². The Labute approximate surface area is 242 Å². The van der Waals surface area contributed by atoms with Crippen LogP contribution in [0.2, 0.25) is 0 Å². The van der Waals surface area contributed by atoms with Crippen LogP contribution >= 0.6 is 0 Å². The fourth-order valence-electron chi connectivity index (χ4n) is 5.09. The topological polar surface area (TPSA) is 103 Å². The monoisotopic (exact) mass is 607 g/mol. The number of rotatable bonds is 11. The largest absolute Gasteiger partial charge is 0.324 e. The molecule has 1 aromatic heterocycles. The van der Waals surface area contributed by atoms with E-state index < -0.39 is 51.3 Å². The first-order chi connectivity index (χ1) is 19.9. The Hall–Kier alpha value is -3.39. The Morgan fingerprint density at radius 1 is 1.02 bits per heavy atom. The van der Waals surface area contributed by atoms with Gasteiger partial charge in [-0.05, 0) is 62.1 Å². The summed E-state index contributed by atoms with van der Waals surface area (Å²) in [6.07, 6.45) is 2.37. The van der Waals surface area contributed by atoms with Crippen molar-refractivity contribution in [3.8, 4) is 0 Å². The lowest BCUT2D eigenvalue weighted by atomic mass is 9.88. The van der Waals surface area contributed by atoms with Crippen molar-refractivity contribution in [2.75, 3.05) is 25.0 Å². The summed E-state index contributed by atoms with van der Waals surface area (Å²) < 4.78 is 86.4. The molecule has 0 spiro atoms. The molecule has 1 fully saturated rings. The number of carbonyl (C=O) groups is 1. The van der Waals surface area contributed by atoms with Crippen LogP contribution in [-0.2, 0) is 21.4 Å². The molecule has 0 aliphatic carbocycles. The molecule has 3 N–H and O–H groups in total. The van der Waals surface area contributed by atoms with E-state index in [0.29, 0.717) is 24.7 Å². The molecule has 13 heteroatoms. The second-order valence-electron chi connectivity index (χ2n) is 10.5. The summed E-state index contributed by atoms with van der Waals surface area (Å²) in [6.45, 7) is 4.55. The van der Waals surface area contributed by atoms with Crippen LogP contribution in [0.1, 0.15) is 49.3 Å². The predicted molar refractivity (Wildman–Crippen MR) is 151 cm³/mol. The molecule has 4 rings (SSSR count). The number of anilines is 1. The SMILES string of the molecule is CC(C)NS(=O)(=O)N1CCNCC1CCc1c(F)cncc1NC(=O)CC(c1ccc(F)cc1)c1cc(F)cc(F)c1. The molecule has 2 heterocycles. The molecule has 8 nitrogen and oxygen atoms in total. The van der Waals surface area contributed by atoms with Gasteiger partial charge in [0.25, 0.3) is 10.2 Å². The van der Waals surface area contributed by atoms with Crippen LogP contribution in [0, 0.1) is 23.3 Å². The zero-order valence-corrected chi connectivity index (χ0v) is 24.0. The van der Waals surface area contributed by atoms with Crippen molar-refractivity contribution in [3.63, 3.8) is 0 Å². The van der Waals surface area contributed by atoms with Crippen molar-refractivity contribution >= 4 is 21.8 Å². The summed E-state index contributed by atoms with van der Waals surface area (Å²) >= 11 is 0. The first-order valence-electron chi connectivity index (χ1n) is 13.6. The fraction of sp³-hybridized carbons (Fsp3) is 0.379. The van der Waals surface area contributed by atoms with Gasteiger partial charge in [0, 0.05) is 55.7 Å². The Kier molecular flexibility index (Phi) is 10.3. The van der Waals surface area contributed by atoms with Gasteiger partial charge < -0.3 is 10.6 Å². The van der Waals surface area contributed by atoms with E-state index in [1.165, 1.54) is 34.8 Å². The lowest BCUT2D eigenvalue weighted by Crippen LogP contribution is -2.57. The fourth-order valence-corrected chi connectivity index (χ4v) is 6.73. The zero-order chi connectivity index (χ0) is 30.4. The van der Waals surface area contributed by atoms with E-state index in [1.807, 2.05) is 0 Å². The summed E-state index contributed by atoms with van der Waals surface area (Å²) in [7, 11) is -3.76. The molecular formula is C29H33F4N5O3S. The summed E-state index contributed by atoms with van der Waals surface area (Å²) in [5.41, 5.74) is 0.873. The van der Waals surface area contributed by atoms with Crippen molar-refractivity contribution in [2.24, 2.45) is 0 Å². The third kappa shape index (κ3) is 8.12. The van der Waals surface area contributed by atoms with Crippen LogP contribution in [-0.4, -0.2) is 55.3 Å². The van der Waals surface area contributed by atoms with Crippen molar-refractivity contribution in [3.05, 3.63) is 94.8 Å². The summed E-state index contributed by atoms with van der Waals surface area (Å²) in [6, 6.07) is 7.38. The number of aromatic nitrogens is 1. The Balaban J connectivity index is 1.53. The van der Waals surface area contributed by atoms with Gasteiger partial charge >= 0.3 is 0 Å². The minimum absolute atomic E-state index is 0.0977. The summed E-state index contributed by atoms with van der Waals surface area (Å²) in [5.74, 6) is -4.26. The highest BCUT2D eigenvalue weighted by Gasteiger charge is 2.33. The summed E-state index contributed by atoms with van der Waals surface area (Å²) in [4.78, 5) is 17.1. The van der Waals surface area contributed by atoms with Gasteiger partial charge in [-0.1, -0.05) is 12.1 Å². The maximum absolute atomic E-state index is 15.0. The zero-order valence-electron chi connectivity index (χ0n) is 23.2. The van der Waals surface area contributed by atoms with Gasteiger partial charge in [-0.25, -0.2) is 17.6 Å². The number of nitrogens with one attached hydrogen (secondary N) is 3. The van der Waals surface area contributed by atoms with Crippen molar-refractivity contribution in [1.82, 2.24) is 19.3 Å². The van der Waals surface area contributed by atoms with Crippen molar-refractivity contribution < 1.29 is 30.8 Å². The Morgan fingerprint density at radius 2 is 1.71 bits per heavy atom. The van der Waals surface area contributed by atoms with Crippen molar-refractivity contribution in [2.45, 2.75) is 51.1 Å². The molecular weight excluding hydrogens is 574 g/mol. The molecule has 226 valence electrons. The van der Waals surface area contributed by atoms with Crippen LogP contribution in [0.25, 0.3) is 0 Å². The molecule has 3 aromatic rings. The average Bonchev–Trinajstić information content (AvgIpc) is 2.91. The van der Waals surface area contributed by atoms with Gasteiger partial charge in [-0.2, -0.15) is 17.4 Å². The van der Waals surface area contributed by atoms with Gasteiger partial charge in [-0.15, -0.1) is 0 Å². The number of halogens is 4. The van der Waals surface area contributed by atoms with Crippen LogP contribution in [0.15, 0.2) is 54.9 Å². The van der Waals surface area contributed by atoms with Crippen LogP contribution in [0.4, 0.5) is 23.2 Å². The van der Waals surface area contributed by atoms with Crippen molar-refractivity contribution in [1.29, 1.82) is 0 Å². The number of piperazine rings is 1. The number of hydrogen-bond acceptors (Lipinski definition) is 5. The molecule has 1 aliphatic heterocycles. The highest BCUT2D eigenvalue weighted by molar-refractivity contribution is 7.87.